The van der Waals surface area contributed by atoms with E-state index in [2.05, 4.69) is 15.5 Å². The van der Waals surface area contributed by atoms with Gasteiger partial charge in [0.15, 0.2) is 0 Å². The predicted molar refractivity (Wildman–Crippen MR) is 104 cm³/mol. The first-order chi connectivity index (χ1) is 12.6. The lowest BCUT2D eigenvalue weighted by Gasteiger charge is -2.43. The zero-order valence-electron chi connectivity index (χ0n) is 15.3. The van der Waals surface area contributed by atoms with Crippen molar-refractivity contribution < 1.29 is 14.3 Å². The van der Waals surface area contributed by atoms with E-state index in [4.69, 9.17) is 4.74 Å². The molecule has 26 heavy (non-hydrogen) atoms. The Balaban J connectivity index is 1.49. The van der Waals surface area contributed by atoms with E-state index in [1.165, 1.54) is 0 Å². The van der Waals surface area contributed by atoms with E-state index in [0.717, 1.165) is 49.8 Å². The third kappa shape index (κ3) is 4.58. The first-order valence-corrected chi connectivity index (χ1v) is 10.3. The molecule has 0 saturated carbocycles. The predicted octanol–water partition coefficient (Wildman–Crippen LogP) is 1.05. The number of carbonyl (C=O) groups is 2. The Kier molecular flexibility index (Phi) is 6.56. The number of nitrogens with zero attached hydrogens (tertiary/aromatic N) is 1. The van der Waals surface area contributed by atoms with E-state index < -0.39 is 0 Å². The first kappa shape index (κ1) is 19.2. The molecule has 1 unspecified atom stereocenters. The van der Waals surface area contributed by atoms with Crippen LogP contribution in [0.2, 0.25) is 0 Å². The topological polar surface area (TPSA) is 70.7 Å². The van der Waals surface area contributed by atoms with Gasteiger partial charge in [-0.25, -0.2) is 0 Å². The van der Waals surface area contributed by atoms with Crippen LogP contribution in [-0.2, 0) is 9.53 Å². The van der Waals surface area contributed by atoms with Gasteiger partial charge in [0, 0.05) is 36.5 Å². The van der Waals surface area contributed by atoms with Gasteiger partial charge in [0.25, 0.3) is 5.91 Å². The van der Waals surface area contributed by atoms with Gasteiger partial charge in [-0.3, -0.25) is 14.5 Å². The van der Waals surface area contributed by atoms with Crippen molar-refractivity contribution in [1.29, 1.82) is 0 Å². The van der Waals surface area contributed by atoms with Gasteiger partial charge >= 0.3 is 0 Å². The lowest BCUT2D eigenvalue weighted by molar-refractivity contribution is -0.121. The Hall–Kier alpha value is -1.57. The summed E-state index contributed by atoms with van der Waals surface area (Å²) in [5, 5.41) is 5.75. The van der Waals surface area contributed by atoms with Crippen molar-refractivity contribution in [3.63, 3.8) is 0 Å². The van der Waals surface area contributed by atoms with Crippen molar-refractivity contribution >= 4 is 23.6 Å². The van der Waals surface area contributed by atoms with Gasteiger partial charge in [0.1, 0.15) is 0 Å². The highest BCUT2D eigenvalue weighted by Gasteiger charge is 2.40. The maximum atomic E-state index is 12.3. The highest BCUT2D eigenvalue weighted by atomic mass is 32.2. The van der Waals surface area contributed by atoms with Crippen LogP contribution >= 0.6 is 11.8 Å². The quantitative estimate of drug-likeness (QED) is 0.775. The number of hydrogen-bond donors (Lipinski definition) is 2. The van der Waals surface area contributed by atoms with Crippen LogP contribution in [-0.4, -0.2) is 73.2 Å². The van der Waals surface area contributed by atoms with E-state index in [0.29, 0.717) is 12.1 Å². The van der Waals surface area contributed by atoms with Crippen LogP contribution in [0.3, 0.4) is 0 Å². The van der Waals surface area contributed by atoms with Crippen molar-refractivity contribution in [1.82, 2.24) is 15.5 Å². The average Bonchev–Trinajstić information content (AvgIpc) is 3.16. The summed E-state index contributed by atoms with van der Waals surface area (Å²) in [6.45, 7) is 5.86. The number of morpholine rings is 1. The summed E-state index contributed by atoms with van der Waals surface area (Å²) >= 11 is 1.94. The maximum Gasteiger partial charge on any atom is 0.251 e. The molecule has 0 bridgehead atoms. The first-order valence-electron chi connectivity index (χ1n) is 9.12. The Bertz CT molecular complexity index is 641. The molecule has 0 aliphatic carbocycles. The molecule has 1 aromatic rings. The van der Waals surface area contributed by atoms with Crippen molar-refractivity contribution in [2.45, 2.75) is 18.9 Å². The molecule has 2 aliphatic heterocycles. The molecule has 0 spiro atoms. The van der Waals surface area contributed by atoms with E-state index in [1.807, 2.05) is 36.9 Å². The number of thioether (sulfide) groups is 1. The van der Waals surface area contributed by atoms with Gasteiger partial charge in [-0.15, -0.1) is 0 Å². The molecule has 1 atom stereocenters. The lowest BCUT2D eigenvalue weighted by Crippen LogP contribution is -2.59. The number of ether oxygens (including phenoxy) is 1. The van der Waals surface area contributed by atoms with E-state index in [9.17, 15) is 9.59 Å². The summed E-state index contributed by atoms with van der Waals surface area (Å²) in [6, 6.07) is 7.37. The second-order valence-corrected chi connectivity index (χ2v) is 8.01. The van der Waals surface area contributed by atoms with Gasteiger partial charge in [-0.1, -0.05) is 18.2 Å². The Morgan fingerprint density at radius 2 is 2.00 bits per heavy atom. The summed E-state index contributed by atoms with van der Waals surface area (Å²) in [6.07, 6.45) is 1.08. The number of aryl methyl sites for hydroxylation is 1. The van der Waals surface area contributed by atoms with E-state index in [-0.39, 0.29) is 23.9 Å². The Labute approximate surface area is 159 Å². The molecule has 142 valence electrons. The van der Waals surface area contributed by atoms with Crippen LogP contribution in [0, 0.1) is 6.92 Å². The fourth-order valence-corrected chi connectivity index (χ4v) is 5.02. The van der Waals surface area contributed by atoms with Crippen molar-refractivity contribution in [2.75, 3.05) is 50.9 Å². The molecule has 2 amide bonds. The molecule has 2 saturated heterocycles. The molecule has 0 aromatic heterocycles. The summed E-state index contributed by atoms with van der Waals surface area (Å²) in [5.41, 5.74) is 1.53. The molecule has 2 N–H and O–H groups in total. The summed E-state index contributed by atoms with van der Waals surface area (Å²) in [4.78, 5) is 27.0. The molecule has 2 heterocycles. The molecule has 1 aromatic carbocycles. The molecule has 2 aliphatic rings. The maximum absolute atomic E-state index is 12.3. The molecular formula is C19H27N3O3S. The number of carbonyl (C=O) groups excluding carboxylic acids is 2. The van der Waals surface area contributed by atoms with Gasteiger partial charge in [0.05, 0.1) is 19.8 Å². The average molecular weight is 378 g/mol. The SMILES string of the molecule is Cc1ccccc1C(=O)NCC(=O)NCC1(N2CCOCC2)CCSC1. The fraction of sp³-hybridized carbons (Fsp3) is 0.579. The largest absolute Gasteiger partial charge is 0.379 e. The van der Waals surface area contributed by atoms with Crippen LogP contribution in [0.25, 0.3) is 0 Å². The normalized spacial score (nSPS) is 23.6. The van der Waals surface area contributed by atoms with E-state index >= 15 is 0 Å². The van der Waals surface area contributed by atoms with Crippen LogP contribution in [0.15, 0.2) is 24.3 Å². The minimum atomic E-state index is -0.211. The number of amides is 2. The van der Waals surface area contributed by atoms with Crippen molar-refractivity contribution in [3.8, 4) is 0 Å². The van der Waals surface area contributed by atoms with Gasteiger partial charge in [0.2, 0.25) is 5.91 Å². The van der Waals surface area contributed by atoms with Crippen molar-refractivity contribution in [2.24, 2.45) is 0 Å². The molecule has 2 fully saturated rings. The number of benzene rings is 1. The van der Waals surface area contributed by atoms with Gasteiger partial charge in [-0.05, 0) is 30.7 Å². The third-order valence-electron chi connectivity index (χ3n) is 5.18. The van der Waals surface area contributed by atoms with Gasteiger partial charge in [-0.2, -0.15) is 11.8 Å². The standard InChI is InChI=1S/C19H27N3O3S/c1-15-4-2-3-5-16(15)18(24)20-12-17(23)21-13-19(6-11-26-14-19)22-7-9-25-10-8-22/h2-5H,6-14H2,1H3,(H,20,24)(H,21,23). The van der Waals surface area contributed by atoms with Gasteiger partial charge < -0.3 is 15.4 Å². The Morgan fingerprint density at radius 3 is 2.69 bits per heavy atom. The van der Waals surface area contributed by atoms with Crippen molar-refractivity contribution in [3.05, 3.63) is 35.4 Å². The Morgan fingerprint density at radius 1 is 1.23 bits per heavy atom. The summed E-state index contributed by atoms with van der Waals surface area (Å²) in [5.74, 6) is 1.80. The minimum absolute atomic E-state index is 0.000494. The lowest BCUT2D eigenvalue weighted by atomic mass is 9.95. The second-order valence-electron chi connectivity index (χ2n) is 6.90. The third-order valence-corrected chi connectivity index (χ3v) is 6.41. The second kappa shape index (κ2) is 8.88. The van der Waals surface area contributed by atoms with Crippen LogP contribution in [0.5, 0.6) is 0 Å². The van der Waals surface area contributed by atoms with Crippen LogP contribution in [0.4, 0.5) is 0 Å². The summed E-state index contributed by atoms with van der Waals surface area (Å²) < 4.78 is 5.46. The fourth-order valence-electron chi connectivity index (χ4n) is 3.54. The zero-order chi connectivity index (χ0) is 18.4. The summed E-state index contributed by atoms with van der Waals surface area (Å²) in [7, 11) is 0. The molecule has 0 radical (unpaired) electrons. The number of hydrogen-bond acceptors (Lipinski definition) is 5. The minimum Gasteiger partial charge on any atom is -0.379 e. The zero-order valence-corrected chi connectivity index (χ0v) is 16.1. The van der Waals surface area contributed by atoms with Crippen LogP contribution < -0.4 is 10.6 Å². The molecule has 7 heteroatoms. The number of nitrogens with one attached hydrogen (secondary N) is 2. The molecule has 6 nitrogen and oxygen atoms in total. The highest BCUT2D eigenvalue weighted by Crippen LogP contribution is 2.33. The molecule has 3 rings (SSSR count). The highest BCUT2D eigenvalue weighted by molar-refractivity contribution is 7.99. The van der Waals surface area contributed by atoms with E-state index in [1.54, 1.807) is 6.07 Å². The smallest absolute Gasteiger partial charge is 0.251 e. The monoisotopic (exact) mass is 377 g/mol. The molecular weight excluding hydrogens is 350 g/mol. The van der Waals surface area contributed by atoms with Crippen LogP contribution in [0.1, 0.15) is 22.3 Å². The number of rotatable bonds is 6.